The van der Waals surface area contributed by atoms with Gasteiger partial charge in [0.2, 0.25) is 0 Å². The molecular weight excluding hydrogens is 219 g/mol. The van der Waals surface area contributed by atoms with Crippen molar-refractivity contribution in [2.45, 2.75) is 6.42 Å². The summed E-state index contributed by atoms with van der Waals surface area (Å²) in [6.45, 7) is 0. The van der Waals surface area contributed by atoms with Crippen LogP contribution in [0.1, 0.15) is 16.8 Å². The maximum atomic E-state index is 12.5. The first kappa shape index (κ1) is 11.3. The first-order valence-corrected chi connectivity index (χ1v) is 5.62. The van der Waals surface area contributed by atoms with Gasteiger partial charge in [0.1, 0.15) is 5.82 Å². The highest BCUT2D eigenvalue weighted by molar-refractivity contribution is 8.22. The van der Waals surface area contributed by atoms with E-state index in [0.717, 1.165) is 0 Å². The summed E-state index contributed by atoms with van der Waals surface area (Å²) in [4.78, 5) is 11.5. The number of rotatable bonds is 3. The quantitative estimate of drug-likeness (QED) is 0.584. The monoisotopic (exact) mass is 228 g/mol. The standard InChI is InChI=1S/C10H9FOS2/c1-14-10(13)6-9(12)7-2-4-8(11)5-3-7/h2-5H,6H2,1H3. The molecule has 0 fully saturated rings. The lowest BCUT2D eigenvalue weighted by Crippen LogP contribution is -2.03. The Morgan fingerprint density at radius 2 is 2.00 bits per heavy atom. The summed E-state index contributed by atoms with van der Waals surface area (Å²) in [7, 11) is 0. The Labute approximate surface area is 91.7 Å². The lowest BCUT2D eigenvalue weighted by atomic mass is 10.1. The fourth-order valence-corrected chi connectivity index (χ4v) is 1.35. The van der Waals surface area contributed by atoms with E-state index in [1.165, 1.54) is 36.0 Å². The molecule has 0 N–H and O–H groups in total. The van der Waals surface area contributed by atoms with Crippen LogP contribution in [-0.2, 0) is 0 Å². The van der Waals surface area contributed by atoms with Gasteiger partial charge in [-0.2, -0.15) is 0 Å². The van der Waals surface area contributed by atoms with Crippen LogP contribution in [0.4, 0.5) is 4.39 Å². The second-order valence-electron chi connectivity index (χ2n) is 2.68. The van der Waals surface area contributed by atoms with Crippen molar-refractivity contribution in [2.75, 3.05) is 6.26 Å². The van der Waals surface area contributed by atoms with Crippen molar-refractivity contribution in [1.82, 2.24) is 0 Å². The fourth-order valence-electron chi connectivity index (χ4n) is 0.941. The molecule has 0 amide bonds. The SMILES string of the molecule is CSC(=S)CC(=O)c1ccc(F)cc1. The second kappa shape index (κ2) is 5.22. The summed E-state index contributed by atoms with van der Waals surface area (Å²) < 4.78 is 13.2. The molecule has 0 aliphatic carbocycles. The number of thiocarbonyl (C=S) groups is 1. The summed E-state index contributed by atoms with van der Waals surface area (Å²) >= 11 is 6.31. The Bertz CT molecular complexity index is 346. The van der Waals surface area contributed by atoms with E-state index >= 15 is 0 Å². The molecule has 0 heterocycles. The first-order chi connectivity index (χ1) is 6.63. The van der Waals surface area contributed by atoms with E-state index < -0.39 is 0 Å². The molecule has 0 bridgehead atoms. The van der Waals surface area contributed by atoms with Gasteiger partial charge in [-0.15, -0.1) is 11.8 Å². The van der Waals surface area contributed by atoms with Gasteiger partial charge in [-0.1, -0.05) is 12.2 Å². The molecule has 0 unspecified atom stereocenters. The van der Waals surface area contributed by atoms with Crippen molar-refractivity contribution in [1.29, 1.82) is 0 Å². The zero-order valence-electron chi connectivity index (χ0n) is 7.62. The molecule has 0 saturated heterocycles. The summed E-state index contributed by atoms with van der Waals surface area (Å²) in [5, 5.41) is 0. The van der Waals surface area contributed by atoms with Gasteiger partial charge in [0.15, 0.2) is 5.78 Å². The van der Waals surface area contributed by atoms with Crippen molar-refractivity contribution in [3.05, 3.63) is 35.6 Å². The number of carbonyl (C=O) groups is 1. The molecule has 74 valence electrons. The average Bonchev–Trinajstić information content (AvgIpc) is 2.18. The number of ketones is 1. The first-order valence-electron chi connectivity index (χ1n) is 3.99. The molecule has 0 saturated carbocycles. The third kappa shape index (κ3) is 3.20. The highest BCUT2D eigenvalue weighted by Crippen LogP contribution is 2.10. The average molecular weight is 228 g/mol. The number of thioether (sulfide) groups is 1. The molecule has 0 aliphatic rings. The second-order valence-corrected chi connectivity index (χ2v) is 4.34. The van der Waals surface area contributed by atoms with Crippen molar-refractivity contribution in [3.8, 4) is 0 Å². The fraction of sp³-hybridized carbons (Fsp3) is 0.200. The largest absolute Gasteiger partial charge is 0.294 e. The smallest absolute Gasteiger partial charge is 0.168 e. The Kier molecular flexibility index (Phi) is 4.22. The Morgan fingerprint density at radius 1 is 1.43 bits per heavy atom. The normalized spacial score (nSPS) is 9.86. The van der Waals surface area contributed by atoms with Gasteiger partial charge in [0.25, 0.3) is 0 Å². The molecular formula is C10H9FOS2. The number of benzene rings is 1. The van der Waals surface area contributed by atoms with Crippen molar-refractivity contribution >= 4 is 34.0 Å². The van der Waals surface area contributed by atoms with Gasteiger partial charge >= 0.3 is 0 Å². The van der Waals surface area contributed by atoms with Gasteiger partial charge in [0.05, 0.1) is 10.6 Å². The van der Waals surface area contributed by atoms with Crippen LogP contribution in [0.15, 0.2) is 24.3 Å². The number of halogens is 1. The lowest BCUT2D eigenvalue weighted by Gasteiger charge is -2.00. The maximum absolute atomic E-state index is 12.5. The number of hydrogen-bond donors (Lipinski definition) is 0. The molecule has 0 aliphatic heterocycles. The van der Waals surface area contributed by atoms with Crippen molar-refractivity contribution < 1.29 is 9.18 Å². The van der Waals surface area contributed by atoms with Crippen molar-refractivity contribution in [2.24, 2.45) is 0 Å². The topological polar surface area (TPSA) is 17.1 Å². The molecule has 0 atom stereocenters. The Balaban J connectivity index is 2.70. The van der Waals surface area contributed by atoms with Crippen LogP contribution in [0.25, 0.3) is 0 Å². The molecule has 1 nitrogen and oxygen atoms in total. The maximum Gasteiger partial charge on any atom is 0.168 e. The van der Waals surface area contributed by atoms with Gasteiger partial charge in [-0.25, -0.2) is 4.39 Å². The van der Waals surface area contributed by atoms with E-state index in [9.17, 15) is 9.18 Å². The summed E-state index contributed by atoms with van der Waals surface area (Å²) in [6.07, 6.45) is 2.07. The molecule has 0 aromatic heterocycles. The summed E-state index contributed by atoms with van der Waals surface area (Å²) in [5.74, 6) is -0.404. The minimum absolute atomic E-state index is 0.0654. The Hall–Kier alpha value is -0.740. The van der Waals surface area contributed by atoms with Gasteiger partial charge in [-0.3, -0.25) is 4.79 Å². The van der Waals surface area contributed by atoms with E-state index in [0.29, 0.717) is 9.76 Å². The zero-order chi connectivity index (χ0) is 10.6. The predicted molar refractivity (Wildman–Crippen MR) is 61.5 cm³/mol. The van der Waals surface area contributed by atoms with E-state index in [2.05, 4.69) is 0 Å². The third-order valence-electron chi connectivity index (χ3n) is 1.70. The molecule has 0 spiro atoms. The van der Waals surface area contributed by atoms with Crippen LogP contribution in [0.2, 0.25) is 0 Å². The molecule has 4 heteroatoms. The van der Waals surface area contributed by atoms with E-state index in [4.69, 9.17) is 12.2 Å². The van der Waals surface area contributed by atoms with Crippen LogP contribution in [-0.4, -0.2) is 16.2 Å². The lowest BCUT2D eigenvalue weighted by molar-refractivity contribution is 0.100. The van der Waals surface area contributed by atoms with E-state index in [1.807, 2.05) is 6.26 Å². The minimum Gasteiger partial charge on any atom is -0.294 e. The van der Waals surface area contributed by atoms with Crippen molar-refractivity contribution in [3.63, 3.8) is 0 Å². The van der Waals surface area contributed by atoms with Crippen LogP contribution < -0.4 is 0 Å². The summed E-state index contributed by atoms with van der Waals surface area (Å²) in [5.41, 5.74) is 0.503. The Morgan fingerprint density at radius 3 is 2.50 bits per heavy atom. The minimum atomic E-state index is -0.339. The number of carbonyl (C=O) groups excluding carboxylic acids is 1. The van der Waals surface area contributed by atoms with Crippen LogP contribution in [0, 0.1) is 5.82 Å². The van der Waals surface area contributed by atoms with Gasteiger partial charge in [0, 0.05) is 5.56 Å². The van der Waals surface area contributed by atoms with Crippen LogP contribution >= 0.6 is 24.0 Å². The highest BCUT2D eigenvalue weighted by atomic mass is 32.2. The predicted octanol–water partition coefficient (Wildman–Crippen LogP) is 3.09. The van der Waals surface area contributed by atoms with Crippen LogP contribution in [0.3, 0.4) is 0 Å². The van der Waals surface area contributed by atoms with Gasteiger partial charge in [-0.05, 0) is 30.5 Å². The third-order valence-corrected chi connectivity index (χ3v) is 2.94. The number of Topliss-reactive ketones (excluding diaryl/α,β-unsaturated/α-hetero) is 1. The summed E-state index contributed by atoms with van der Waals surface area (Å²) in [6, 6.07) is 5.49. The van der Waals surface area contributed by atoms with E-state index in [1.54, 1.807) is 0 Å². The molecule has 1 aromatic rings. The highest BCUT2D eigenvalue weighted by Gasteiger charge is 2.07. The molecule has 1 aromatic carbocycles. The van der Waals surface area contributed by atoms with Crippen LogP contribution in [0.5, 0.6) is 0 Å². The number of hydrogen-bond acceptors (Lipinski definition) is 3. The molecule has 1 rings (SSSR count). The van der Waals surface area contributed by atoms with Gasteiger partial charge < -0.3 is 0 Å². The molecule has 14 heavy (non-hydrogen) atoms. The zero-order valence-corrected chi connectivity index (χ0v) is 9.25. The van der Waals surface area contributed by atoms with E-state index in [-0.39, 0.29) is 18.0 Å². The molecule has 0 radical (unpaired) electrons.